The third-order valence-electron chi connectivity index (χ3n) is 7.19. The van der Waals surface area contributed by atoms with E-state index in [1.54, 1.807) is 12.1 Å². The number of epoxide rings is 1. The third-order valence-corrected chi connectivity index (χ3v) is 9.25. The lowest BCUT2D eigenvalue weighted by Gasteiger charge is -2.48. The van der Waals surface area contributed by atoms with Gasteiger partial charge in [-0.3, -0.25) is 10.1 Å². The van der Waals surface area contributed by atoms with Crippen LogP contribution < -0.4 is 5.32 Å². The molecule has 0 aromatic heterocycles. The summed E-state index contributed by atoms with van der Waals surface area (Å²) < 4.78 is 31.1. The molecule has 1 saturated carbocycles. The summed E-state index contributed by atoms with van der Waals surface area (Å²) in [6.45, 7) is 6.03. The molecule has 1 aliphatic heterocycles. The molecule has 1 saturated heterocycles. The van der Waals surface area contributed by atoms with Gasteiger partial charge in [0.1, 0.15) is 46.6 Å². The zero-order valence-electron chi connectivity index (χ0n) is 22.1. The lowest BCUT2D eigenvalue weighted by atomic mass is 9.66. The van der Waals surface area contributed by atoms with Crippen molar-refractivity contribution in [2.45, 2.75) is 75.3 Å². The molecule has 0 radical (unpaired) electrons. The topological polar surface area (TPSA) is 97.4 Å². The van der Waals surface area contributed by atoms with Crippen molar-refractivity contribution in [3.8, 4) is 0 Å². The number of aliphatic hydroxyl groups is 1. The van der Waals surface area contributed by atoms with Crippen LogP contribution in [0.4, 0.5) is 9.18 Å². The molecule has 1 unspecified atom stereocenters. The molecule has 1 aromatic carbocycles. The minimum atomic E-state index is -1.14. The second-order valence-corrected chi connectivity index (χ2v) is 12.9. The number of rotatable bonds is 10. The Morgan fingerprint density at radius 1 is 1.32 bits per heavy atom. The summed E-state index contributed by atoms with van der Waals surface area (Å²) in [6.07, 6.45) is 3.28. The quantitative estimate of drug-likeness (QED) is 0.194. The number of carbonyl (C=O) groups is 2. The van der Waals surface area contributed by atoms with E-state index in [2.05, 4.69) is 17.6 Å². The van der Waals surface area contributed by atoms with Crippen molar-refractivity contribution in [3.63, 3.8) is 0 Å². The first kappa shape index (κ1) is 29.9. The Labute approximate surface area is 226 Å². The molecule has 2 fully saturated rings. The number of hydrogen-bond acceptors (Lipinski definition) is 6. The predicted octanol–water partition coefficient (Wildman–Crippen LogP) is 4.10. The van der Waals surface area contributed by atoms with Crippen LogP contribution in [0.25, 0.3) is 0 Å². The number of hydrogen-bond donors (Lipinski definition) is 2. The van der Waals surface area contributed by atoms with Crippen LogP contribution in [0.15, 0.2) is 35.9 Å². The Balaban J connectivity index is 1.84. The predicted molar refractivity (Wildman–Crippen MR) is 143 cm³/mol. The van der Waals surface area contributed by atoms with E-state index in [1.807, 2.05) is 20.8 Å². The highest BCUT2D eigenvalue weighted by Crippen LogP contribution is 2.55. The fourth-order valence-corrected chi connectivity index (χ4v) is 7.60. The molecule has 2 N–H and O–H groups in total. The summed E-state index contributed by atoms with van der Waals surface area (Å²) in [6, 6.07) is 6.43. The number of nitrogens with one attached hydrogen (secondary N) is 1. The molecule has 2 aliphatic rings. The minimum Gasteiger partial charge on any atom is -0.443 e. The number of imide groups is 1. The molecular weight excluding hydrogens is 521 g/mol. The highest BCUT2D eigenvalue weighted by molar-refractivity contribution is 7.95. The van der Waals surface area contributed by atoms with Crippen LogP contribution in [0.1, 0.15) is 45.6 Å². The van der Waals surface area contributed by atoms with Gasteiger partial charge in [-0.25, -0.2) is 9.18 Å². The summed E-state index contributed by atoms with van der Waals surface area (Å²) in [4.78, 5) is 23.9. The molecule has 206 valence electrons. The molecule has 2 amide bonds. The van der Waals surface area contributed by atoms with Gasteiger partial charge in [-0.1, -0.05) is 23.8 Å². The Bertz CT molecular complexity index is 990. The largest absolute Gasteiger partial charge is 0.443 e. The summed E-state index contributed by atoms with van der Waals surface area (Å²) in [5, 5.41) is 14.3. The van der Waals surface area contributed by atoms with E-state index in [9.17, 15) is 19.1 Å². The molecule has 0 spiro atoms. The van der Waals surface area contributed by atoms with Gasteiger partial charge < -0.3 is 19.3 Å². The highest BCUT2D eigenvalue weighted by Gasteiger charge is 2.68. The molecule has 7 nitrogen and oxygen atoms in total. The smallest absolute Gasteiger partial charge is 0.414 e. The summed E-state index contributed by atoms with van der Waals surface area (Å²) in [5.74, 6) is -0.585. The normalized spacial score (nSPS) is 31.8. The van der Waals surface area contributed by atoms with Crippen molar-refractivity contribution in [1.29, 1.82) is 0 Å². The summed E-state index contributed by atoms with van der Waals surface area (Å²) in [5.41, 5.74) is 0.348. The van der Waals surface area contributed by atoms with Gasteiger partial charge >= 0.3 is 6.09 Å². The second kappa shape index (κ2) is 12.5. The van der Waals surface area contributed by atoms with Gasteiger partial charge in [-0.2, -0.15) is 0 Å². The van der Waals surface area contributed by atoms with E-state index in [4.69, 9.17) is 25.8 Å². The third kappa shape index (κ3) is 7.47. The molecule has 37 heavy (non-hydrogen) atoms. The molecule has 1 aliphatic carbocycles. The maximum Gasteiger partial charge on any atom is 0.414 e. The van der Waals surface area contributed by atoms with Crippen LogP contribution in [0.3, 0.4) is 0 Å². The SMILES string of the molecule is CO[C@@H]1[C@H](OC(=O)NC(=O)CCl)CC[C@](O)(C[S+](C)Cc2ccc(F)cc2)[C@H]1[C@@]1(C)O[C@@H]1CC=C(C)C. The number of halogens is 2. The maximum absolute atomic E-state index is 13.4. The average molecular weight is 559 g/mol. The van der Waals surface area contributed by atoms with E-state index >= 15 is 0 Å². The van der Waals surface area contributed by atoms with Gasteiger partial charge in [-0.15, -0.1) is 11.6 Å². The molecule has 1 heterocycles. The summed E-state index contributed by atoms with van der Waals surface area (Å²) >= 11 is 5.49. The number of amides is 2. The van der Waals surface area contributed by atoms with Gasteiger partial charge in [0.25, 0.3) is 0 Å². The van der Waals surface area contributed by atoms with Gasteiger partial charge in [0, 0.05) is 12.7 Å². The zero-order chi connectivity index (χ0) is 27.4. The van der Waals surface area contributed by atoms with Crippen LogP contribution in [0.2, 0.25) is 0 Å². The Morgan fingerprint density at radius 2 is 2.00 bits per heavy atom. The van der Waals surface area contributed by atoms with Crippen molar-refractivity contribution in [3.05, 3.63) is 47.3 Å². The molecule has 10 heteroatoms. The van der Waals surface area contributed by atoms with Crippen molar-refractivity contribution < 1.29 is 33.3 Å². The fourth-order valence-electron chi connectivity index (χ4n) is 5.50. The lowest BCUT2D eigenvalue weighted by molar-refractivity contribution is -0.170. The number of carbonyl (C=O) groups excluding carboxylic acids is 2. The molecular formula is C27H38ClFNO6S+. The Morgan fingerprint density at radius 3 is 2.59 bits per heavy atom. The Hall–Kier alpha value is -1.65. The average Bonchev–Trinajstić information content (AvgIpc) is 3.49. The van der Waals surface area contributed by atoms with Crippen molar-refractivity contribution in [2.24, 2.45) is 5.92 Å². The minimum absolute atomic E-state index is 0.113. The Kier molecular flexibility index (Phi) is 10.1. The first-order valence-electron chi connectivity index (χ1n) is 12.4. The number of methoxy groups -OCH3 is 1. The van der Waals surface area contributed by atoms with Crippen LogP contribution >= 0.6 is 11.6 Å². The lowest BCUT2D eigenvalue weighted by Crippen LogP contribution is -2.63. The molecule has 7 atom stereocenters. The van der Waals surface area contributed by atoms with Crippen LogP contribution in [0.5, 0.6) is 0 Å². The number of ether oxygens (including phenoxy) is 3. The van der Waals surface area contributed by atoms with Gasteiger partial charge in [0.15, 0.2) is 0 Å². The van der Waals surface area contributed by atoms with Gasteiger partial charge in [-0.05, 0) is 63.1 Å². The first-order chi connectivity index (χ1) is 17.4. The van der Waals surface area contributed by atoms with Gasteiger partial charge in [0.05, 0.1) is 18.3 Å². The number of alkyl carbamates (subject to hydrolysis) is 1. The van der Waals surface area contributed by atoms with Crippen molar-refractivity contribution in [1.82, 2.24) is 5.32 Å². The zero-order valence-corrected chi connectivity index (χ0v) is 23.7. The van der Waals surface area contributed by atoms with Crippen LogP contribution in [-0.2, 0) is 35.7 Å². The number of benzene rings is 1. The summed E-state index contributed by atoms with van der Waals surface area (Å²) in [7, 11) is 1.29. The standard InChI is InChI=1S/C27H37ClFNO6S/c1-17(2)6-11-21-26(3,36-21)24-23(34-4)20(35-25(32)30-22(31)14-28)12-13-27(24,33)16-37(5)15-18-7-9-19(29)10-8-18/h6-10,20-21,23-24,33H,11-16H2,1-5H3/p+1/t20-,21-,23-,24-,26+,27+,37?/m1/s1. The van der Waals surface area contributed by atoms with E-state index < -0.39 is 41.3 Å². The molecule has 1 aromatic rings. The van der Waals surface area contributed by atoms with E-state index in [0.29, 0.717) is 30.8 Å². The maximum atomic E-state index is 13.4. The number of alkyl halides is 1. The second-order valence-electron chi connectivity index (χ2n) is 10.4. The first-order valence-corrected chi connectivity index (χ1v) is 14.9. The van der Waals surface area contributed by atoms with Crippen LogP contribution in [0, 0.1) is 11.7 Å². The highest BCUT2D eigenvalue weighted by atomic mass is 35.5. The van der Waals surface area contributed by atoms with Crippen molar-refractivity contribution in [2.75, 3.05) is 25.0 Å². The monoisotopic (exact) mass is 558 g/mol. The van der Waals surface area contributed by atoms with Gasteiger partial charge in [0.2, 0.25) is 5.91 Å². The molecule has 3 rings (SSSR count). The van der Waals surface area contributed by atoms with Crippen molar-refractivity contribution >= 4 is 34.5 Å². The number of allylic oxidation sites excluding steroid dienone is 1. The molecule has 0 bridgehead atoms. The van der Waals surface area contributed by atoms with Crippen LogP contribution in [-0.4, -0.2) is 71.6 Å². The fraction of sp³-hybridized carbons (Fsp3) is 0.630. The van der Waals surface area contributed by atoms with E-state index in [1.165, 1.54) is 24.8 Å². The van der Waals surface area contributed by atoms with E-state index in [-0.39, 0.29) is 28.7 Å². The van der Waals surface area contributed by atoms with E-state index in [0.717, 1.165) is 5.56 Å².